The lowest BCUT2D eigenvalue weighted by Crippen LogP contribution is -2.06. The summed E-state index contributed by atoms with van der Waals surface area (Å²) in [5.41, 5.74) is 4.47. The Morgan fingerprint density at radius 1 is 1.56 bits per heavy atom. The van der Waals surface area contributed by atoms with Crippen molar-refractivity contribution in [1.29, 1.82) is 0 Å². The van der Waals surface area contributed by atoms with Crippen LogP contribution in [0.3, 0.4) is 0 Å². The molecule has 0 spiro atoms. The van der Waals surface area contributed by atoms with Crippen molar-refractivity contribution in [3.63, 3.8) is 0 Å². The zero-order valence-corrected chi connectivity index (χ0v) is 5.92. The Hall–Kier alpha value is -1.06. The zero-order valence-electron chi connectivity index (χ0n) is 5.92. The van der Waals surface area contributed by atoms with E-state index in [1.807, 2.05) is 0 Å². The summed E-state index contributed by atoms with van der Waals surface area (Å²) in [7, 11) is 3.38. The largest absolute Gasteiger partial charge is 0.370 e. The highest BCUT2D eigenvalue weighted by Gasteiger charge is 1.68. The molecule has 4 heteroatoms. The molecule has 0 atom stereocenters. The normalized spacial score (nSPS) is 6.56. The molecule has 0 aromatic carbocycles. The molecule has 2 amide bonds. The van der Waals surface area contributed by atoms with E-state index in [0.29, 0.717) is 0 Å². The summed E-state index contributed by atoms with van der Waals surface area (Å²) in [6, 6.07) is 0. The van der Waals surface area contributed by atoms with Gasteiger partial charge in [-0.3, -0.25) is 9.59 Å². The third-order valence-corrected chi connectivity index (χ3v) is 0.211. The van der Waals surface area contributed by atoms with E-state index in [2.05, 4.69) is 5.73 Å². The molecule has 0 aliphatic carbocycles. The number of carbonyl (C=O) groups excluding carboxylic acids is 2. The molecule has 0 aliphatic rings. The van der Waals surface area contributed by atoms with Gasteiger partial charge in [-0.2, -0.15) is 0 Å². The van der Waals surface area contributed by atoms with Crippen LogP contribution in [-0.4, -0.2) is 31.3 Å². The van der Waals surface area contributed by atoms with E-state index in [1.165, 1.54) is 11.8 Å². The molecule has 54 valence electrons. The van der Waals surface area contributed by atoms with E-state index in [0.717, 1.165) is 6.41 Å². The molecule has 0 unspecified atom stereocenters. The van der Waals surface area contributed by atoms with Gasteiger partial charge in [0.1, 0.15) is 0 Å². The van der Waals surface area contributed by atoms with Crippen molar-refractivity contribution in [2.45, 2.75) is 6.92 Å². The molecule has 0 heterocycles. The number of rotatable bonds is 1. The molecular formula is C5H12N2O2. The van der Waals surface area contributed by atoms with Crippen LogP contribution in [-0.2, 0) is 9.59 Å². The Balaban J connectivity index is 0. The molecule has 0 fully saturated rings. The average Bonchev–Trinajstić information content (AvgIpc) is 1.65. The lowest BCUT2D eigenvalue weighted by atomic mass is 10.8. The lowest BCUT2D eigenvalue weighted by Gasteiger charge is -1.93. The van der Waals surface area contributed by atoms with Crippen LogP contribution in [0.15, 0.2) is 0 Å². The SMILES string of the molecule is CC(N)=O.CN(C)C=O. The highest BCUT2D eigenvalue weighted by molar-refractivity contribution is 5.70. The molecule has 0 radical (unpaired) electrons. The van der Waals surface area contributed by atoms with Gasteiger partial charge in [-0.25, -0.2) is 0 Å². The van der Waals surface area contributed by atoms with E-state index in [4.69, 9.17) is 0 Å². The first-order valence-electron chi connectivity index (χ1n) is 2.38. The fourth-order valence-corrected chi connectivity index (χ4v) is 0. The third-order valence-electron chi connectivity index (χ3n) is 0.211. The quantitative estimate of drug-likeness (QED) is 0.474. The molecule has 0 rings (SSSR count). The van der Waals surface area contributed by atoms with Gasteiger partial charge < -0.3 is 10.6 Å². The molecule has 4 nitrogen and oxygen atoms in total. The van der Waals surface area contributed by atoms with Gasteiger partial charge in [0.2, 0.25) is 12.3 Å². The summed E-state index contributed by atoms with van der Waals surface area (Å²) in [5.74, 6) is -0.333. The topological polar surface area (TPSA) is 63.4 Å². The number of amides is 2. The van der Waals surface area contributed by atoms with Gasteiger partial charge >= 0.3 is 0 Å². The van der Waals surface area contributed by atoms with E-state index >= 15 is 0 Å². The Morgan fingerprint density at radius 3 is 1.67 bits per heavy atom. The van der Waals surface area contributed by atoms with Crippen molar-refractivity contribution >= 4 is 12.3 Å². The van der Waals surface area contributed by atoms with E-state index < -0.39 is 0 Å². The molecule has 0 bridgehead atoms. The summed E-state index contributed by atoms with van der Waals surface area (Å²) in [6.07, 6.45) is 0.750. The fraction of sp³-hybridized carbons (Fsp3) is 0.600. The number of nitrogens with zero attached hydrogens (tertiary/aromatic N) is 1. The highest BCUT2D eigenvalue weighted by atomic mass is 16.1. The lowest BCUT2D eigenvalue weighted by molar-refractivity contribution is -0.116. The molecule has 0 saturated heterocycles. The smallest absolute Gasteiger partial charge is 0.214 e. The third kappa shape index (κ3) is 192. The number of hydrogen-bond donors (Lipinski definition) is 1. The molecule has 0 aromatic rings. The molecule has 2 N–H and O–H groups in total. The first kappa shape index (κ1) is 10.8. The maximum Gasteiger partial charge on any atom is 0.214 e. The minimum absolute atomic E-state index is 0.333. The first-order valence-corrected chi connectivity index (χ1v) is 2.38. The molecular weight excluding hydrogens is 120 g/mol. The summed E-state index contributed by atoms with van der Waals surface area (Å²) in [4.78, 5) is 20.1. The molecule has 0 aromatic heterocycles. The molecule has 9 heavy (non-hydrogen) atoms. The predicted octanol–water partition coefficient (Wildman–Crippen LogP) is -0.804. The fourth-order valence-electron chi connectivity index (χ4n) is 0. The Morgan fingerprint density at radius 2 is 1.67 bits per heavy atom. The van der Waals surface area contributed by atoms with E-state index in [1.54, 1.807) is 14.1 Å². The minimum Gasteiger partial charge on any atom is -0.370 e. The van der Waals surface area contributed by atoms with Gasteiger partial charge in [0.15, 0.2) is 0 Å². The van der Waals surface area contributed by atoms with Gasteiger partial charge in [0, 0.05) is 21.0 Å². The van der Waals surface area contributed by atoms with Gasteiger partial charge in [-0.1, -0.05) is 0 Å². The summed E-state index contributed by atoms with van der Waals surface area (Å²) in [6.45, 7) is 1.31. The summed E-state index contributed by atoms with van der Waals surface area (Å²) < 4.78 is 0. The maximum absolute atomic E-state index is 9.43. The average molecular weight is 132 g/mol. The van der Waals surface area contributed by atoms with Gasteiger partial charge in [0.25, 0.3) is 0 Å². The van der Waals surface area contributed by atoms with Crippen molar-refractivity contribution in [3.8, 4) is 0 Å². The van der Waals surface area contributed by atoms with Crippen molar-refractivity contribution in [3.05, 3.63) is 0 Å². The van der Waals surface area contributed by atoms with Gasteiger partial charge in [-0.15, -0.1) is 0 Å². The monoisotopic (exact) mass is 132 g/mol. The second-order valence-corrected chi connectivity index (χ2v) is 1.68. The van der Waals surface area contributed by atoms with Gasteiger partial charge in [-0.05, 0) is 0 Å². The van der Waals surface area contributed by atoms with Crippen LogP contribution >= 0.6 is 0 Å². The Bertz CT molecular complexity index is 87.0. The zero-order chi connectivity index (χ0) is 7.86. The Kier molecular flexibility index (Phi) is 8.36. The van der Waals surface area contributed by atoms with Crippen molar-refractivity contribution in [2.24, 2.45) is 5.73 Å². The Labute approximate surface area is 54.6 Å². The first-order chi connectivity index (χ1) is 4.00. The standard InChI is InChI=1S/C3H7NO.C2H5NO/c1-4(2)3-5;1-2(3)4/h3H,1-2H3;1H3,(H2,3,4). The predicted molar refractivity (Wildman–Crippen MR) is 34.6 cm³/mol. The number of carbonyl (C=O) groups is 2. The number of nitrogens with two attached hydrogens (primary N) is 1. The van der Waals surface area contributed by atoms with Crippen LogP contribution in [0.5, 0.6) is 0 Å². The van der Waals surface area contributed by atoms with Crippen LogP contribution in [0.4, 0.5) is 0 Å². The van der Waals surface area contributed by atoms with Crippen LogP contribution in [0.2, 0.25) is 0 Å². The molecule has 0 saturated carbocycles. The van der Waals surface area contributed by atoms with E-state index in [9.17, 15) is 9.59 Å². The second kappa shape index (κ2) is 6.94. The van der Waals surface area contributed by atoms with Crippen molar-refractivity contribution in [1.82, 2.24) is 4.90 Å². The molecule has 0 aliphatic heterocycles. The second-order valence-electron chi connectivity index (χ2n) is 1.68. The van der Waals surface area contributed by atoms with Crippen LogP contribution < -0.4 is 5.73 Å². The van der Waals surface area contributed by atoms with Gasteiger partial charge in [0.05, 0.1) is 0 Å². The van der Waals surface area contributed by atoms with E-state index in [-0.39, 0.29) is 5.91 Å². The highest BCUT2D eigenvalue weighted by Crippen LogP contribution is 1.52. The summed E-state index contributed by atoms with van der Waals surface area (Å²) >= 11 is 0. The van der Waals surface area contributed by atoms with Crippen LogP contribution in [0, 0.1) is 0 Å². The minimum atomic E-state index is -0.333. The van der Waals surface area contributed by atoms with Crippen molar-refractivity contribution in [2.75, 3.05) is 14.1 Å². The van der Waals surface area contributed by atoms with Crippen LogP contribution in [0.25, 0.3) is 0 Å². The van der Waals surface area contributed by atoms with Crippen LogP contribution in [0.1, 0.15) is 6.92 Å². The van der Waals surface area contributed by atoms with Crippen molar-refractivity contribution < 1.29 is 9.59 Å². The summed E-state index contributed by atoms with van der Waals surface area (Å²) in [5, 5.41) is 0. The number of primary amides is 1. The maximum atomic E-state index is 9.43. The number of hydrogen-bond acceptors (Lipinski definition) is 2.